The van der Waals surface area contributed by atoms with Gasteiger partial charge in [0.1, 0.15) is 0 Å². The molecular formula is C42H43O4Si4Ti-3. The van der Waals surface area contributed by atoms with Gasteiger partial charge in [0, 0.05) is 5.54 Å². The quantitative estimate of drug-likeness (QED) is 0.152. The van der Waals surface area contributed by atoms with Crippen molar-refractivity contribution in [2.24, 2.45) is 0 Å². The fourth-order valence-corrected chi connectivity index (χ4v) is 6.87. The van der Waals surface area contributed by atoms with Crippen molar-refractivity contribution < 1.29 is 40.9 Å². The van der Waals surface area contributed by atoms with Crippen LogP contribution >= 0.6 is 0 Å². The molecule has 9 heteroatoms. The first-order valence-electron chi connectivity index (χ1n) is 14.9. The molecule has 6 aromatic rings. The molecule has 0 bridgehead atoms. The van der Waals surface area contributed by atoms with Gasteiger partial charge in [0.15, 0.2) is 0 Å². The van der Waals surface area contributed by atoms with Gasteiger partial charge in [-0.3, -0.25) is 0 Å². The van der Waals surface area contributed by atoms with Crippen LogP contribution in [0.5, 0.6) is 0 Å². The van der Waals surface area contributed by atoms with E-state index in [0.717, 1.165) is 22.3 Å². The Morgan fingerprint density at radius 1 is 0.353 bits per heavy atom. The van der Waals surface area contributed by atoms with Crippen LogP contribution in [0, 0.1) is 22.3 Å². The summed E-state index contributed by atoms with van der Waals surface area (Å²) < 4.78 is 0. The van der Waals surface area contributed by atoms with Crippen LogP contribution in [-0.2, 0) is 21.7 Å². The molecule has 1 N–H and O–H groups in total. The second kappa shape index (κ2) is 30.4. The van der Waals surface area contributed by atoms with E-state index in [4.69, 9.17) is 4.80 Å². The molecule has 258 valence electrons. The van der Waals surface area contributed by atoms with Crippen LogP contribution in [0.4, 0.5) is 0 Å². The first-order chi connectivity index (χ1) is 23.2. The molecule has 0 unspecified atom stereocenters. The Bertz CT molecular complexity index is 1290. The van der Waals surface area contributed by atoms with Crippen LogP contribution in [0.15, 0.2) is 182 Å². The minimum absolute atomic E-state index is 0. The summed E-state index contributed by atoms with van der Waals surface area (Å²) in [7, 11) is 0.934. The summed E-state index contributed by atoms with van der Waals surface area (Å²) in [5.74, 6) is 0. The van der Waals surface area contributed by atoms with Crippen molar-refractivity contribution in [2.75, 3.05) is 0 Å². The summed E-state index contributed by atoms with van der Waals surface area (Å²) in [5.41, 5.74) is 6.91. The summed E-state index contributed by atoms with van der Waals surface area (Å²) in [5, 5.41) is 0. The molecule has 0 spiro atoms. The largest absolute Gasteiger partial charge is 3.00 e. The van der Waals surface area contributed by atoms with Crippen molar-refractivity contribution in [3.05, 3.63) is 238 Å². The van der Waals surface area contributed by atoms with Crippen molar-refractivity contribution in [1.29, 1.82) is 0 Å². The van der Waals surface area contributed by atoms with Crippen LogP contribution in [0.25, 0.3) is 0 Å². The van der Waals surface area contributed by atoms with Gasteiger partial charge in [0.2, 0.25) is 9.76 Å². The topological polar surface area (TPSA) is 89.4 Å². The smallest absolute Gasteiger partial charge is 0.866 e. The molecule has 4 nitrogen and oxygen atoms in total. The van der Waals surface area contributed by atoms with Crippen molar-refractivity contribution in [3.8, 4) is 0 Å². The molecule has 0 aromatic heterocycles. The van der Waals surface area contributed by atoms with Crippen LogP contribution in [-0.4, -0.2) is 44.6 Å². The molecule has 6 rings (SSSR count). The molecule has 0 aliphatic heterocycles. The van der Waals surface area contributed by atoms with E-state index in [0.29, 0.717) is 0 Å². The number of benzene rings is 6. The van der Waals surface area contributed by atoms with Crippen molar-refractivity contribution in [3.63, 3.8) is 0 Å². The molecular weight excluding hydrogens is 729 g/mol. The third-order valence-electron chi connectivity index (χ3n) is 7.16. The van der Waals surface area contributed by atoms with E-state index in [-0.39, 0.29) is 89.9 Å². The van der Waals surface area contributed by atoms with Crippen LogP contribution in [0.2, 0.25) is 0 Å². The molecule has 0 heterocycles. The van der Waals surface area contributed by atoms with Gasteiger partial charge in [-0.1, -0.05) is 202 Å². The molecule has 0 atom stereocenters. The zero-order valence-corrected chi connectivity index (χ0v) is 34.8. The molecule has 0 fully saturated rings. The van der Waals surface area contributed by atoms with Gasteiger partial charge in [0.25, 0.3) is 0 Å². The van der Waals surface area contributed by atoms with Crippen LogP contribution in [0.3, 0.4) is 0 Å². The average Bonchev–Trinajstić information content (AvgIpc) is 3.17. The Kier molecular flexibility index (Phi) is 29.7. The Hall–Kier alpha value is -3.26. The minimum Gasteiger partial charge on any atom is -0.866 e. The molecule has 51 heavy (non-hydrogen) atoms. The summed E-state index contributed by atoms with van der Waals surface area (Å²) >= 11 is 0. The van der Waals surface area contributed by atoms with Crippen molar-refractivity contribution in [2.45, 2.75) is 16.6 Å². The van der Waals surface area contributed by atoms with Gasteiger partial charge in [0.05, 0.1) is 0 Å². The minimum atomic E-state index is -0.346. The predicted molar refractivity (Wildman–Crippen MR) is 209 cm³/mol. The SMILES string of the molecule is O[Si]C(c1ccccc1)c1ccccc1.[CH3-].[CH3-].[CH3-].[O-][Si].[O-][Si]C(c1ccccc1)c1ccccc1.[O-][Si]C(c1ccccc1)c1ccccc1.[Ti+3]. The van der Waals surface area contributed by atoms with Crippen LogP contribution < -0.4 is 14.4 Å². The van der Waals surface area contributed by atoms with Crippen LogP contribution in [0.1, 0.15) is 50.0 Å². The van der Waals surface area contributed by atoms with Gasteiger partial charge in [-0.2, -0.15) is 0 Å². The molecule has 10 radical (unpaired) electrons. The monoisotopic (exact) mass is 771 g/mol. The van der Waals surface area contributed by atoms with Gasteiger partial charge >= 0.3 is 21.7 Å². The predicted octanol–water partition coefficient (Wildman–Crippen LogP) is 5.68. The van der Waals surface area contributed by atoms with Gasteiger partial charge in [-0.25, -0.2) is 0 Å². The maximum atomic E-state index is 11.3. The molecule has 0 aliphatic carbocycles. The van der Waals surface area contributed by atoms with Gasteiger partial charge in [-0.05, 0) is 44.5 Å². The first kappa shape index (κ1) is 49.9. The zero-order valence-electron chi connectivity index (χ0n) is 29.2. The fourth-order valence-electron chi connectivity index (χ4n) is 4.87. The Labute approximate surface area is 333 Å². The maximum Gasteiger partial charge on any atom is 3.00 e. The number of rotatable bonds is 9. The van der Waals surface area contributed by atoms with Gasteiger partial charge < -0.3 is 41.5 Å². The number of hydrogen-bond donors (Lipinski definition) is 1. The summed E-state index contributed by atoms with van der Waals surface area (Å²) in [6.07, 6.45) is 0. The molecule has 6 aromatic carbocycles. The van der Waals surface area contributed by atoms with E-state index < -0.39 is 0 Å². The normalized spacial score (nSPS) is 9.41. The Morgan fingerprint density at radius 2 is 0.510 bits per heavy atom. The summed E-state index contributed by atoms with van der Waals surface area (Å²) in [4.78, 5) is 40.0. The Morgan fingerprint density at radius 3 is 0.647 bits per heavy atom. The maximum absolute atomic E-state index is 11.3. The van der Waals surface area contributed by atoms with Gasteiger partial charge in [-0.15, -0.1) is 10.5 Å². The third-order valence-corrected chi connectivity index (χ3v) is 9.89. The molecule has 0 saturated heterocycles. The second-order valence-corrected chi connectivity index (χ2v) is 12.6. The summed E-state index contributed by atoms with van der Waals surface area (Å²) in [6, 6.07) is 60.1. The van der Waals surface area contributed by atoms with E-state index in [2.05, 4.69) is 24.3 Å². The van der Waals surface area contributed by atoms with E-state index in [1.54, 1.807) is 10.5 Å². The molecule has 0 saturated carbocycles. The van der Waals surface area contributed by atoms with E-state index in [1.807, 2.05) is 158 Å². The fraction of sp³-hybridized carbons (Fsp3) is 0.0714. The first-order valence-corrected chi connectivity index (χ1v) is 18.3. The third kappa shape index (κ3) is 16.7. The second-order valence-electron chi connectivity index (χ2n) is 10.1. The number of hydrogen-bond acceptors (Lipinski definition) is 4. The zero-order chi connectivity index (χ0) is 33.5. The van der Waals surface area contributed by atoms with E-state index in [1.165, 1.54) is 11.1 Å². The van der Waals surface area contributed by atoms with E-state index in [9.17, 15) is 14.4 Å². The Balaban J connectivity index is 0. The molecule has 0 aliphatic rings. The molecule has 0 amide bonds. The van der Waals surface area contributed by atoms with E-state index >= 15 is 0 Å². The van der Waals surface area contributed by atoms with Crippen molar-refractivity contribution in [1.82, 2.24) is 0 Å². The van der Waals surface area contributed by atoms with Crippen molar-refractivity contribution >= 4 is 39.8 Å². The average molecular weight is 772 g/mol. The standard InChI is InChI=1S/C13H12OSi.2C13H11OSi.3CH3.OSi.Ti/c3*14-15-13(11-7-3-1-4-8-11)12-9-5-2-6-10-12;;;;1-2;/h1-10,13-14H;2*1-10,13H;3*1H3;;/q;6*-1;+3. The summed E-state index contributed by atoms with van der Waals surface area (Å²) in [6.45, 7) is 0.